The second-order valence-corrected chi connectivity index (χ2v) is 8.67. The van der Waals surface area contributed by atoms with Gasteiger partial charge >= 0.3 is 0 Å². The highest BCUT2D eigenvalue weighted by Gasteiger charge is 2.23. The Hall–Kier alpha value is -0.860. The lowest BCUT2D eigenvalue weighted by Gasteiger charge is -2.32. The summed E-state index contributed by atoms with van der Waals surface area (Å²) < 4.78 is 0. The van der Waals surface area contributed by atoms with E-state index in [-0.39, 0.29) is 24.0 Å². The van der Waals surface area contributed by atoms with E-state index in [1.807, 2.05) is 0 Å². The Morgan fingerprint density at radius 1 is 1.00 bits per heavy atom. The minimum Gasteiger partial charge on any atom is -0.357 e. The molecule has 2 heterocycles. The highest BCUT2D eigenvalue weighted by molar-refractivity contribution is 14.0. The molecule has 6 heteroatoms. The predicted octanol–water partition coefficient (Wildman–Crippen LogP) is 3.60. The van der Waals surface area contributed by atoms with Crippen molar-refractivity contribution < 1.29 is 0 Å². The topological polar surface area (TPSA) is 42.9 Å². The Morgan fingerprint density at radius 2 is 1.73 bits per heavy atom. The van der Waals surface area contributed by atoms with Crippen LogP contribution < -0.4 is 10.6 Å². The largest absolute Gasteiger partial charge is 0.357 e. The zero-order chi connectivity index (χ0) is 20.3. The minimum atomic E-state index is 0. The summed E-state index contributed by atoms with van der Waals surface area (Å²) in [6, 6.07) is 11.4. The van der Waals surface area contributed by atoms with Gasteiger partial charge in [-0.1, -0.05) is 37.3 Å². The molecule has 2 aliphatic rings. The number of nitrogens with zero attached hydrogens (tertiary/aromatic N) is 3. The van der Waals surface area contributed by atoms with Gasteiger partial charge in [0.15, 0.2) is 5.96 Å². The SMILES string of the molecule is CCCN1CCC(NC(=NCC2CCN(CCc3ccccc3)C2)NCC)CC1.I. The Kier molecular flexibility index (Phi) is 12.1. The van der Waals surface area contributed by atoms with Gasteiger partial charge in [0.1, 0.15) is 0 Å². The number of guanidine groups is 1. The molecule has 3 rings (SSSR count). The number of hydrogen-bond donors (Lipinski definition) is 2. The number of aliphatic imine (C=N–C) groups is 1. The molecule has 30 heavy (non-hydrogen) atoms. The Balaban J connectivity index is 0.00000320. The second kappa shape index (κ2) is 14.2. The monoisotopic (exact) mass is 527 g/mol. The quantitative estimate of drug-likeness (QED) is 0.293. The van der Waals surface area contributed by atoms with E-state index >= 15 is 0 Å². The molecule has 5 nitrogen and oxygen atoms in total. The molecule has 170 valence electrons. The lowest BCUT2D eigenvalue weighted by molar-refractivity contribution is 0.206. The van der Waals surface area contributed by atoms with Crippen LogP contribution in [0.5, 0.6) is 0 Å². The van der Waals surface area contributed by atoms with Crippen molar-refractivity contribution in [2.45, 2.75) is 52.0 Å². The average molecular weight is 528 g/mol. The second-order valence-electron chi connectivity index (χ2n) is 8.67. The maximum Gasteiger partial charge on any atom is 0.191 e. The molecule has 2 saturated heterocycles. The normalized spacial score (nSPS) is 21.4. The Labute approximate surface area is 201 Å². The number of hydrogen-bond acceptors (Lipinski definition) is 3. The van der Waals surface area contributed by atoms with Crippen LogP contribution in [0.2, 0.25) is 0 Å². The van der Waals surface area contributed by atoms with Gasteiger partial charge in [-0.05, 0) is 63.6 Å². The van der Waals surface area contributed by atoms with E-state index in [0.717, 1.165) is 25.5 Å². The molecule has 1 unspecified atom stereocenters. The van der Waals surface area contributed by atoms with Gasteiger partial charge in [-0.25, -0.2) is 0 Å². The Morgan fingerprint density at radius 3 is 2.43 bits per heavy atom. The van der Waals surface area contributed by atoms with Crippen molar-refractivity contribution in [1.82, 2.24) is 20.4 Å². The molecule has 1 aromatic rings. The van der Waals surface area contributed by atoms with Gasteiger partial charge in [-0.15, -0.1) is 24.0 Å². The van der Waals surface area contributed by atoms with Crippen molar-refractivity contribution in [1.29, 1.82) is 0 Å². The van der Waals surface area contributed by atoms with E-state index in [0.29, 0.717) is 12.0 Å². The first-order valence-corrected chi connectivity index (χ1v) is 11.8. The lowest BCUT2D eigenvalue weighted by Crippen LogP contribution is -2.48. The van der Waals surface area contributed by atoms with Crippen molar-refractivity contribution in [3.05, 3.63) is 35.9 Å². The smallest absolute Gasteiger partial charge is 0.191 e. The summed E-state index contributed by atoms with van der Waals surface area (Å²) in [4.78, 5) is 10.1. The molecule has 1 atom stereocenters. The highest BCUT2D eigenvalue weighted by Crippen LogP contribution is 2.17. The van der Waals surface area contributed by atoms with Crippen molar-refractivity contribution in [3.8, 4) is 0 Å². The number of benzene rings is 1. The van der Waals surface area contributed by atoms with Crippen LogP contribution >= 0.6 is 24.0 Å². The van der Waals surface area contributed by atoms with E-state index in [1.54, 1.807) is 0 Å². The lowest BCUT2D eigenvalue weighted by atomic mass is 10.1. The number of likely N-dealkylation sites (tertiary alicyclic amines) is 2. The third-order valence-electron chi connectivity index (χ3n) is 6.25. The van der Waals surface area contributed by atoms with Crippen LogP contribution in [0.1, 0.15) is 45.1 Å². The summed E-state index contributed by atoms with van der Waals surface area (Å²) in [5.74, 6) is 1.71. The van der Waals surface area contributed by atoms with Crippen LogP contribution in [-0.2, 0) is 6.42 Å². The van der Waals surface area contributed by atoms with E-state index < -0.39 is 0 Å². The van der Waals surface area contributed by atoms with Crippen LogP contribution in [0.15, 0.2) is 35.3 Å². The summed E-state index contributed by atoms with van der Waals surface area (Å²) in [6.07, 6.45) is 6.12. The standard InChI is InChI=1S/C24H41N5.HI/c1-3-14-28-17-12-23(13-18-28)27-24(25-4-2)26-19-22-11-16-29(20-22)15-10-21-8-6-5-7-9-21;/h5-9,22-23H,3-4,10-20H2,1-2H3,(H2,25,26,27);1H. The fraction of sp³-hybridized carbons (Fsp3) is 0.708. The van der Waals surface area contributed by atoms with Gasteiger partial charge < -0.3 is 20.4 Å². The molecular formula is C24H42IN5. The zero-order valence-electron chi connectivity index (χ0n) is 19.0. The molecule has 1 aromatic carbocycles. The molecular weight excluding hydrogens is 485 g/mol. The molecule has 0 bridgehead atoms. The first-order valence-electron chi connectivity index (χ1n) is 11.8. The summed E-state index contributed by atoms with van der Waals surface area (Å²) in [5, 5.41) is 7.16. The molecule has 0 spiro atoms. The first-order chi connectivity index (χ1) is 14.3. The van der Waals surface area contributed by atoms with Gasteiger partial charge in [0.05, 0.1) is 0 Å². The van der Waals surface area contributed by atoms with Gasteiger partial charge in [0.25, 0.3) is 0 Å². The molecule has 2 fully saturated rings. The molecule has 0 saturated carbocycles. The van der Waals surface area contributed by atoms with Gasteiger partial charge in [-0.3, -0.25) is 4.99 Å². The van der Waals surface area contributed by atoms with Crippen molar-refractivity contribution in [2.75, 3.05) is 52.4 Å². The Bertz CT molecular complexity index is 601. The summed E-state index contributed by atoms with van der Waals surface area (Å²) >= 11 is 0. The fourth-order valence-corrected chi connectivity index (χ4v) is 4.55. The number of halogens is 1. The van der Waals surface area contributed by atoms with Crippen LogP contribution in [0.25, 0.3) is 0 Å². The summed E-state index contributed by atoms with van der Waals surface area (Å²) in [6.45, 7) is 13.5. The zero-order valence-corrected chi connectivity index (χ0v) is 21.3. The van der Waals surface area contributed by atoms with Crippen molar-refractivity contribution in [3.63, 3.8) is 0 Å². The molecule has 0 amide bonds. The summed E-state index contributed by atoms with van der Waals surface area (Å²) in [7, 11) is 0. The molecule has 2 N–H and O–H groups in total. The van der Waals surface area contributed by atoms with E-state index in [4.69, 9.17) is 4.99 Å². The molecule has 0 aromatic heterocycles. The maximum atomic E-state index is 4.95. The van der Waals surface area contributed by atoms with Gasteiger partial charge in [0, 0.05) is 45.3 Å². The van der Waals surface area contributed by atoms with Crippen molar-refractivity contribution >= 4 is 29.9 Å². The van der Waals surface area contributed by atoms with Crippen LogP contribution in [0.4, 0.5) is 0 Å². The van der Waals surface area contributed by atoms with Crippen LogP contribution in [0.3, 0.4) is 0 Å². The van der Waals surface area contributed by atoms with E-state index in [2.05, 4.69) is 64.6 Å². The van der Waals surface area contributed by atoms with E-state index in [9.17, 15) is 0 Å². The predicted molar refractivity (Wildman–Crippen MR) is 139 cm³/mol. The third kappa shape index (κ3) is 8.71. The fourth-order valence-electron chi connectivity index (χ4n) is 4.55. The first kappa shape index (κ1) is 25.4. The number of rotatable bonds is 9. The van der Waals surface area contributed by atoms with Crippen LogP contribution in [-0.4, -0.2) is 74.2 Å². The minimum absolute atomic E-state index is 0. The average Bonchev–Trinajstić information content (AvgIpc) is 3.21. The van der Waals surface area contributed by atoms with Crippen LogP contribution in [0, 0.1) is 5.92 Å². The summed E-state index contributed by atoms with van der Waals surface area (Å²) in [5.41, 5.74) is 1.44. The highest BCUT2D eigenvalue weighted by atomic mass is 127. The number of piperidine rings is 1. The maximum absolute atomic E-state index is 4.95. The molecule has 0 aliphatic carbocycles. The van der Waals surface area contributed by atoms with Crippen molar-refractivity contribution in [2.24, 2.45) is 10.9 Å². The third-order valence-corrected chi connectivity index (χ3v) is 6.25. The molecule has 0 radical (unpaired) electrons. The molecule has 2 aliphatic heterocycles. The van der Waals surface area contributed by atoms with Gasteiger partial charge in [-0.2, -0.15) is 0 Å². The van der Waals surface area contributed by atoms with E-state index in [1.165, 1.54) is 70.5 Å². The van der Waals surface area contributed by atoms with Gasteiger partial charge in [0.2, 0.25) is 0 Å². The number of nitrogens with one attached hydrogen (secondary N) is 2.